The van der Waals surface area contributed by atoms with E-state index >= 15 is 0 Å². The Morgan fingerprint density at radius 1 is 1.16 bits per heavy atom. The minimum atomic E-state index is 0.0888. The van der Waals surface area contributed by atoms with Gasteiger partial charge in [0.1, 0.15) is 10.8 Å². The van der Waals surface area contributed by atoms with E-state index in [9.17, 15) is 9.90 Å². The van der Waals surface area contributed by atoms with Crippen molar-refractivity contribution in [2.45, 2.75) is 20.3 Å². The van der Waals surface area contributed by atoms with Gasteiger partial charge in [0.15, 0.2) is 0 Å². The number of aromatic nitrogens is 1. The molecule has 0 radical (unpaired) electrons. The van der Waals surface area contributed by atoms with E-state index in [-0.39, 0.29) is 11.7 Å². The van der Waals surface area contributed by atoms with Gasteiger partial charge in [-0.25, -0.2) is 4.98 Å². The topological polar surface area (TPSA) is 53.4 Å². The summed E-state index contributed by atoms with van der Waals surface area (Å²) in [6.07, 6.45) is 0.886. The zero-order valence-corrected chi connectivity index (χ0v) is 14.9. The lowest BCUT2D eigenvalue weighted by atomic mass is 10.1. The number of aromatic hydroxyl groups is 1. The molecule has 1 aliphatic heterocycles. The lowest BCUT2D eigenvalue weighted by Crippen LogP contribution is -2.25. The molecule has 3 aromatic rings. The van der Waals surface area contributed by atoms with E-state index < -0.39 is 0 Å². The number of nitrogens with zero attached hydrogens (tertiary/aromatic N) is 2. The van der Waals surface area contributed by atoms with Crippen LogP contribution in [0.4, 0.5) is 5.69 Å². The molecule has 0 saturated heterocycles. The van der Waals surface area contributed by atoms with Crippen molar-refractivity contribution >= 4 is 22.9 Å². The van der Waals surface area contributed by atoms with Crippen molar-refractivity contribution in [3.8, 4) is 27.6 Å². The molecule has 1 amide bonds. The fourth-order valence-corrected chi connectivity index (χ4v) is 4.21. The Morgan fingerprint density at radius 2 is 1.88 bits per heavy atom. The van der Waals surface area contributed by atoms with Gasteiger partial charge in [0, 0.05) is 35.2 Å². The third kappa shape index (κ3) is 2.81. The Hall–Kier alpha value is -2.66. The van der Waals surface area contributed by atoms with Crippen LogP contribution >= 0.6 is 11.3 Å². The molecular formula is C20H18N2O2S. The molecule has 2 aromatic carbocycles. The molecule has 4 nitrogen and oxygen atoms in total. The SMILES string of the molecule is CC(=O)N1CCc2cc(-c3nc(-c4ccc(O)cc4)sc3C)ccc21. The van der Waals surface area contributed by atoms with Crippen LogP contribution in [0.25, 0.3) is 21.8 Å². The first kappa shape index (κ1) is 15.8. The van der Waals surface area contributed by atoms with Gasteiger partial charge in [-0.05, 0) is 55.3 Å². The highest BCUT2D eigenvalue weighted by molar-refractivity contribution is 7.15. The molecule has 126 valence electrons. The summed E-state index contributed by atoms with van der Waals surface area (Å²) < 4.78 is 0. The van der Waals surface area contributed by atoms with Crippen LogP contribution in [0.15, 0.2) is 42.5 Å². The Bertz CT molecular complexity index is 960. The number of benzene rings is 2. The van der Waals surface area contributed by atoms with Crippen LogP contribution in [0.2, 0.25) is 0 Å². The number of carbonyl (C=O) groups is 1. The van der Waals surface area contributed by atoms with E-state index in [0.717, 1.165) is 45.4 Å². The molecule has 0 fully saturated rings. The fourth-order valence-electron chi connectivity index (χ4n) is 3.27. The van der Waals surface area contributed by atoms with Crippen molar-refractivity contribution in [1.82, 2.24) is 4.98 Å². The third-order valence-corrected chi connectivity index (χ3v) is 5.56. The highest BCUT2D eigenvalue weighted by Gasteiger charge is 2.23. The van der Waals surface area contributed by atoms with Crippen molar-refractivity contribution < 1.29 is 9.90 Å². The van der Waals surface area contributed by atoms with Gasteiger partial charge in [-0.15, -0.1) is 11.3 Å². The summed E-state index contributed by atoms with van der Waals surface area (Å²) in [6, 6.07) is 13.3. The Labute approximate surface area is 150 Å². The third-order valence-electron chi connectivity index (χ3n) is 4.54. The van der Waals surface area contributed by atoms with E-state index in [4.69, 9.17) is 4.98 Å². The number of carbonyl (C=O) groups excluding carboxylic acids is 1. The van der Waals surface area contributed by atoms with Crippen LogP contribution in [0, 0.1) is 6.92 Å². The summed E-state index contributed by atoms with van der Waals surface area (Å²) in [5, 5.41) is 10.4. The average Bonchev–Trinajstić information content (AvgIpc) is 3.18. The van der Waals surface area contributed by atoms with Gasteiger partial charge in [0.05, 0.1) is 5.69 Å². The molecule has 0 atom stereocenters. The summed E-state index contributed by atoms with van der Waals surface area (Å²) in [5.41, 5.74) is 5.29. The average molecular weight is 350 g/mol. The molecule has 0 bridgehead atoms. The van der Waals surface area contributed by atoms with Gasteiger partial charge in [-0.2, -0.15) is 0 Å². The number of rotatable bonds is 2. The Balaban J connectivity index is 1.71. The number of hydrogen-bond acceptors (Lipinski definition) is 4. The minimum absolute atomic E-state index is 0.0888. The molecular weight excluding hydrogens is 332 g/mol. The maximum Gasteiger partial charge on any atom is 0.223 e. The summed E-state index contributed by atoms with van der Waals surface area (Å²) in [4.78, 5) is 19.5. The number of hydrogen-bond donors (Lipinski definition) is 1. The van der Waals surface area contributed by atoms with E-state index in [1.54, 1.807) is 30.4 Å². The Kier molecular flexibility index (Phi) is 3.81. The van der Waals surface area contributed by atoms with Crippen LogP contribution in [0.1, 0.15) is 17.4 Å². The van der Waals surface area contributed by atoms with Gasteiger partial charge in [0.25, 0.3) is 0 Å². The van der Waals surface area contributed by atoms with Crippen molar-refractivity contribution in [3.63, 3.8) is 0 Å². The van der Waals surface area contributed by atoms with E-state index in [1.807, 2.05) is 29.2 Å². The highest BCUT2D eigenvalue weighted by Crippen LogP contribution is 2.37. The number of fused-ring (bicyclic) bond motifs is 1. The van der Waals surface area contributed by atoms with Gasteiger partial charge < -0.3 is 10.0 Å². The molecule has 0 saturated carbocycles. The molecule has 0 spiro atoms. The molecule has 0 unspecified atom stereocenters. The largest absolute Gasteiger partial charge is 0.508 e. The molecule has 4 rings (SSSR count). The van der Waals surface area contributed by atoms with Gasteiger partial charge >= 0.3 is 0 Å². The second-order valence-corrected chi connectivity index (χ2v) is 7.44. The first-order chi connectivity index (χ1) is 12.0. The maximum atomic E-state index is 11.7. The standard InChI is InChI=1S/C20H18N2O2S/c1-12-19(21-20(25-12)14-3-6-17(24)7-4-14)16-5-8-18-15(11-16)9-10-22(18)13(2)23/h3-8,11,24H,9-10H2,1-2H3. The van der Waals surface area contributed by atoms with Crippen molar-refractivity contribution in [2.24, 2.45) is 0 Å². The number of amides is 1. The van der Waals surface area contributed by atoms with Gasteiger partial charge in [-0.3, -0.25) is 4.79 Å². The van der Waals surface area contributed by atoms with E-state index in [0.29, 0.717) is 0 Å². The summed E-state index contributed by atoms with van der Waals surface area (Å²) >= 11 is 1.65. The van der Waals surface area contributed by atoms with Crippen LogP contribution < -0.4 is 4.90 Å². The zero-order valence-electron chi connectivity index (χ0n) is 14.1. The van der Waals surface area contributed by atoms with Crippen LogP contribution in [-0.4, -0.2) is 22.5 Å². The predicted octanol–water partition coefficient (Wildman–Crippen LogP) is 4.40. The predicted molar refractivity (Wildman–Crippen MR) is 101 cm³/mol. The molecule has 25 heavy (non-hydrogen) atoms. The fraction of sp³-hybridized carbons (Fsp3) is 0.200. The smallest absolute Gasteiger partial charge is 0.223 e. The monoisotopic (exact) mass is 350 g/mol. The second-order valence-electron chi connectivity index (χ2n) is 6.23. The number of aryl methyl sites for hydroxylation is 1. The number of phenolic OH excluding ortho intramolecular Hbond substituents is 1. The van der Waals surface area contributed by atoms with Crippen LogP contribution in [-0.2, 0) is 11.2 Å². The molecule has 0 aliphatic carbocycles. The maximum absolute atomic E-state index is 11.7. The number of anilines is 1. The molecule has 2 heterocycles. The van der Waals surface area contributed by atoms with Crippen molar-refractivity contribution in [2.75, 3.05) is 11.4 Å². The molecule has 1 N–H and O–H groups in total. The molecule has 5 heteroatoms. The number of phenols is 1. The van der Waals surface area contributed by atoms with Gasteiger partial charge in [-0.1, -0.05) is 6.07 Å². The van der Waals surface area contributed by atoms with Crippen LogP contribution in [0.5, 0.6) is 5.75 Å². The first-order valence-corrected chi connectivity index (χ1v) is 9.03. The van der Waals surface area contributed by atoms with E-state index in [2.05, 4.69) is 13.0 Å². The second kappa shape index (κ2) is 6.01. The lowest BCUT2D eigenvalue weighted by Gasteiger charge is -2.14. The minimum Gasteiger partial charge on any atom is -0.508 e. The van der Waals surface area contributed by atoms with Gasteiger partial charge in [0.2, 0.25) is 5.91 Å². The Morgan fingerprint density at radius 3 is 2.60 bits per heavy atom. The highest BCUT2D eigenvalue weighted by atomic mass is 32.1. The molecule has 1 aromatic heterocycles. The lowest BCUT2D eigenvalue weighted by molar-refractivity contribution is -0.116. The van der Waals surface area contributed by atoms with E-state index in [1.165, 1.54) is 5.56 Å². The first-order valence-electron chi connectivity index (χ1n) is 8.21. The van der Waals surface area contributed by atoms with Crippen molar-refractivity contribution in [1.29, 1.82) is 0 Å². The summed E-state index contributed by atoms with van der Waals surface area (Å²) in [5.74, 6) is 0.344. The van der Waals surface area contributed by atoms with Crippen molar-refractivity contribution in [3.05, 3.63) is 52.9 Å². The summed E-state index contributed by atoms with van der Waals surface area (Å²) in [7, 11) is 0. The van der Waals surface area contributed by atoms with Crippen LogP contribution in [0.3, 0.4) is 0 Å². The number of thiazole rings is 1. The molecule has 1 aliphatic rings. The summed E-state index contributed by atoms with van der Waals surface area (Å²) in [6.45, 7) is 4.44. The zero-order chi connectivity index (χ0) is 17.6. The normalized spacial score (nSPS) is 13.1. The quantitative estimate of drug-likeness (QED) is 0.745.